The summed E-state index contributed by atoms with van der Waals surface area (Å²) in [4.78, 5) is 6.65. The number of hydrogen-bond donors (Lipinski definition) is 2. The van der Waals surface area contributed by atoms with Crippen LogP contribution in [0.15, 0.2) is 40.0 Å². The summed E-state index contributed by atoms with van der Waals surface area (Å²) >= 11 is 1.73. The molecule has 3 rings (SSSR count). The van der Waals surface area contributed by atoms with Gasteiger partial charge in [0.05, 0.1) is 0 Å². The standard InChI is InChI=1S/C19H24F2N4S.HI/c1-22-19(23-11-15-10-16(20)2-3-18(15)21)24-17-4-7-25(8-5-17)12-14-6-9-26-13-14;/h2-3,6,9-10,13,17H,4-5,7-8,11-12H2,1H3,(H2,22,23,24);1H. The van der Waals surface area contributed by atoms with E-state index in [2.05, 4.69) is 37.4 Å². The van der Waals surface area contributed by atoms with Crippen LogP contribution in [0.1, 0.15) is 24.0 Å². The number of nitrogens with zero attached hydrogens (tertiary/aromatic N) is 2. The van der Waals surface area contributed by atoms with E-state index in [0.717, 1.165) is 44.6 Å². The highest BCUT2D eigenvalue weighted by Gasteiger charge is 2.20. The third-order valence-corrected chi connectivity index (χ3v) is 5.32. The number of hydrogen-bond acceptors (Lipinski definition) is 3. The lowest BCUT2D eigenvalue weighted by Crippen LogP contribution is -2.48. The van der Waals surface area contributed by atoms with Crippen molar-refractivity contribution in [2.24, 2.45) is 4.99 Å². The number of guanidine groups is 1. The molecule has 27 heavy (non-hydrogen) atoms. The molecule has 0 bridgehead atoms. The van der Waals surface area contributed by atoms with Crippen molar-refractivity contribution in [2.45, 2.75) is 32.0 Å². The van der Waals surface area contributed by atoms with Crippen LogP contribution in [0.4, 0.5) is 8.78 Å². The van der Waals surface area contributed by atoms with E-state index in [1.54, 1.807) is 18.4 Å². The SMILES string of the molecule is CN=C(NCc1cc(F)ccc1F)NC1CCN(Cc2ccsc2)CC1.I. The van der Waals surface area contributed by atoms with Crippen molar-refractivity contribution < 1.29 is 8.78 Å². The van der Waals surface area contributed by atoms with Crippen LogP contribution in [0.5, 0.6) is 0 Å². The molecule has 0 saturated carbocycles. The molecular formula is C19H25F2IN4S. The van der Waals surface area contributed by atoms with Gasteiger partial charge in [-0.1, -0.05) is 0 Å². The van der Waals surface area contributed by atoms with E-state index in [-0.39, 0.29) is 30.5 Å². The molecule has 0 radical (unpaired) electrons. The Morgan fingerprint density at radius 3 is 2.70 bits per heavy atom. The van der Waals surface area contributed by atoms with Gasteiger partial charge in [-0.15, -0.1) is 24.0 Å². The highest BCUT2D eigenvalue weighted by molar-refractivity contribution is 14.0. The summed E-state index contributed by atoms with van der Waals surface area (Å²) in [5, 5.41) is 10.8. The second kappa shape index (κ2) is 10.9. The quantitative estimate of drug-likeness (QED) is 0.367. The molecule has 1 aliphatic rings. The number of thiophene rings is 1. The van der Waals surface area contributed by atoms with Crippen molar-refractivity contribution in [1.82, 2.24) is 15.5 Å². The van der Waals surface area contributed by atoms with Crippen molar-refractivity contribution in [3.8, 4) is 0 Å². The van der Waals surface area contributed by atoms with Gasteiger partial charge >= 0.3 is 0 Å². The van der Waals surface area contributed by atoms with Gasteiger partial charge in [-0.25, -0.2) is 8.78 Å². The van der Waals surface area contributed by atoms with Crippen molar-refractivity contribution in [1.29, 1.82) is 0 Å². The molecule has 8 heteroatoms. The van der Waals surface area contributed by atoms with E-state index >= 15 is 0 Å². The van der Waals surface area contributed by atoms with Crippen LogP contribution in [-0.2, 0) is 13.1 Å². The number of aliphatic imine (C=N–C) groups is 1. The highest BCUT2D eigenvalue weighted by Crippen LogP contribution is 2.15. The zero-order chi connectivity index (χ0) is 18.4. The van der Waals surface area contributed by atoms with Gasteiger partial charge in [0.1, 0.15) is 11.6 Å². The first-order valence-electron chi connectivity index (χ1n) is 8.78. The third kappa shape index (κ3) is 6.69. The number of halogens is 3. The normalized spacial score (nSPS) is 16.0. The lowest BCUT2D eigenvalue weighted by Gasteiger charge is -2.33. The number of piperidine rings is 1. The van der Waals surface area contributed by atoms with E-state index in [0.29, 0.717) is 17.6 Å². The Kier molecular flexibility index (Phi) is 8.91. The van der Waals surface area contributed by atoms with E-state index in [4.69, 9.17) is 0 Å². The van der Waals surface area contributed by atoms with Crippen LogP contribution in [0, 0.1) is 11.6 Å². The molecule has 1 saturated heterocycles. The first kappa shape index (κ1) is 22.0. The maximum absolute atomic E-state index is 13.7. The summed E-state index contributed by atoms with van der Waals surface area (Å²) in [5.41, 5.74) is 1.66. The summed E-state index contributed by atoms with van der Waals surface area (Å²) in [6.45, 7) is 3.26. The van der Waals surface area contributed by atoms with E-state index in [1.165, 1.54) is 11.6 Å². The Bertz CT molecular complexity index is 731. The zero-order valence-electron chi connectivity index (χ0n) is 15.3. The van der Waals surface area contributed by atoms with E-state index in [9.17, 15) is 8.78 Å². The van der Waals surface area contributed by atoms with Gasteiger partial charge in [-0.3, -0.25) is 9.89 Å². The molecular weight excluding hydrogens is 481 g/mol. The minimum Gasteiger partial charge on any atom is -0.354 e. The van der Waals surface area contributed by atoms with Crippen LogP contribution in [0.25, 0.3) is 0 Å². The van der Waals surface area contributed by atoms with Gasteiger partial charge in [0.25, 0.3) is 0 Å². The Balaban J connectivity index is 0.00000261. The number of benzene rings is 1. The maximum Gasteiger partial charge on any atom is 0.191 e. The van der Waals surface area contributed by atoms with Gasteiger partial charge in [0.15, 0.2) is 5.96 Å². The summed E-state index contributed by atoms with van der Waals surface area (Å²) in [7, 11) is 1.68. The molecule has 0 atom stereocenters. The number of likely N-dealkylation sites (tertiary alicyclic amines) is 1. The van der Waals surface area contributed by atoms with E-state index < -0.39 is 11.6 Å². The van der Waals surface area contributed by atoms with Crippen molar-refractivity contribution in [3.05, 3.63) is 57.8 Å². The fourth-order valence-corrected chi connectivity index (χ4v) is 3.78. The smallest absolute Gasteiger partial charge is 0.191 e. The largest absolute Gasteiger partial charge is 0.354 e. The second-order valence-corrected chi connectivity index (χ2v) is 7.27. The van der Waals surface area contributed by atoms with E-state index in [1.807, 2.05) is 0 Å². The number of nitrogens with one attached hydrogen (secondary N) is 2. The molecule has 1 aliphatic heterocycles. The molecule has 0 spiro atoms. The highest BCUT2D eigenvalue weighted by atomic mass is 127. The maximum atomic E-state index is 13.7. The second-order valence-electron chi connectivity index (χ2n) is 6.49. The lowest BCUT2D eigenvalue weighted by molar-refractivity contribution is 0.198. The number of rotatable bonds is 5. The van der Waals surface area contributed by atoms with Crippen LogP contribution in [0.2, 0.25) is 0 Å². The molecule has 148 valence electrons. The predicted octanol–water partition coefficient (Wildman–Crippen LogP) is 3.97. The van der Waals surface area contributed by atoms with Crippen LogP contribution < -0.4 is 10.6 Å². The topological polar surface area (TPSA) is 39.7 Å². The fourth-order valence-electron chi connectivity index (χ4n) is 3.12. The Morgan fingerprint density at radius 1 is 1.26 bits per heavy atom. The van der Waals surface area contributed by atoms with Gasteiger partial charge < -0.3 is 10.6 Å². The third-order valence-electron chi connectivity index (χ3n) is 4.59. The first-order chi connectivity index (χ1) is 12.6. The summed E-state index contributed by atoms with van der Waals surface area (Å²) < 4.78 is 27.0. The van der Waals surface area contributed by atoms with Crippen molar-refractivity contribution >= 4 is 41.3 Å². The molecule has 0 amide bonds. The molecule has 1 aromatic carbocycles. The van der Waals surface area contributed by atoms with Gasteiger partial charge in [0, 0.05) is 44.8 Å². The minimum atomic E-state index is -0.441. The lowest BCUT2D eigenvalue weighted by atomic mass is 10.0. The average molecular weight is 506 g/mol. The molecule has 1 fully saturated rings. The monoisotopic (exact) mass is 506 g/mol. The Morgan fingerprint density at radius 2 is 2.04 bits per heavy atom. The molecule has 0 aliphatic carbocycles. The van der Waals surface area contributed by atoms with Crippen molar-refractivity contribution in [3.63, 3.8) is 0 Å². The van der Waals surface area contributed by atoms with Crippen molar-refractivity contribution in [2.75, 3.05) is 20.1 Å². The van der Waals surface area contributed by atoms with Crippen LogP contribution in [0.3, 0.4) is 0 Å². The minimum absolute atomic E-state index is 0. The summed E-state index contributed by atoms with van der Waals surface area (Å²) in [5.74, 6) is -0.245. The predicted molar refractivity (Wildman–Crippen MR) is 118 cm³/mol. The Labute approximate surface area is 180 Å². The van der Waals surface area contributed by atoms with Crippen LogP contribution in [-0.4, -0.2) is 37.0 Å². The zero-order valence-corrected chi connectivity index (χ0v) is 18.4. The molecule has 1 aromatic heterocycles. The molecule has 4 nitrogen and oxygen atoms in total. The van der Waals surface area contributed by atoms with Gasteiger partial charge in [-0.2, -0.15) is 11.3 Å². The van der Waals surface area contributed by atoms with Gasteiger partial charge in [0.2, 0.25) is 0 Å². The molecule has 0 unspecified atom stereocenters. The van der Waals surface area contributed by atoms with Gasteiger partial charge in [-0.05, 0) is 53.4 Å². The first-order valence-corrected chi connectivity index (χ1v) is 9.73. The molecule has 2 heterocycles. The summed E-state index contributed by atoms with van der Waals surface area (Å²) in [6.07, 6.45) is 2.05. The molecule has 2 aromatic rings. The molecule has 2 N–H and O–H groups in total. The summed E-state index contributed by atoms with van der Waals surface area (Å²) in [6, 6.07) is 5.98. The van der Waals surface area contributed by atoms with Crippen LogP contribution >= 0.6 is 35.3 Å². The average Bonchev–Trinajstić information content (AvgIpc) is 3.15. The fraction of sp³-hybridized carbons (Fsp3) is 0.421. The Hall–Kier alpha value is -1.26.